The van der Waals surface area contributed by atoms with E-state index < -0.39 is 28.0 Å². The first-order valence-corrected chi connectivity index (χ1v) is 8.86. The first kappa shape index (κ1) is 18.7. The second-order valence-electron chi connectivity index (χ2n) is 5.08. The van der Waals surface area contributed by atoms with Crippen LogP contribution in [0.15, 0.2) is 52.0 Å². The largest absolute Gasteiger partial charge is 0.467 e. The van der Waals surface area contributed by atoms with Crippen LogP contribution in [-0.4, -0.2) is 33.4 Å². The summed E-state index contributed by atoms with van der Waals surface area (Å²) in [4.78, 5) is 24.0. The molecule has 0 saturated heterocycles. The van der Waals surface area contributed by atoms with Gasteiger partial charge in [0.1, 0.15) is 5.76 Å². The normalized spacial score (nSPS) is 12.4. The molecule has 0 bridgehead atoms. The summed E-state index contributed by atoms with van der Waals surface area (Å²) in [6.07, 6.45) is 0.434. The van der Waals surface area contributed by atoms with Crippen molar-refractivity contribution in [3.63, 3.8) is 0 Å². The molecule has 2 aromatic rings. The first-order chi connectivity index (χ1) is 11.8. The highest BCUT2D eigenvalue weighted by Crippen LogP contribution is 2.13. The van der Waals surface area contributed by atoms with E-state index in [-0.39, 0.29) is 17.0 Å². The van der Waals surface area contributed by atoms with Crippen molar-refractivity contribution in [1.29, 1.82) is 0 Å². The Morgan fingerprint density at radius 3 is 2.64 bits per heavy atom. The highest BCUT2D eigenvalue weighted by atomic mass is 32.2. The molecule has 0 saturated carbocycles. The van der Waals surface area contributed by atoms with Crippen LogP contribution in [0.1, 0.15) is 23.0 Å². The van der Waals surface area contributed by atoms with Crippen LogP contribution >= 0.6 is 0 Å². The number of furan rings is 1. The van der Waals surface area contributed by atoms with Crippen LogP contribution in [0.2, 0.25) is 0 Å². The van der Waals surface area contributed by atoms with Crippen molar-refractivity contribution < 1.29 is 27.2 Å². The number of ether oxygens (including phenoxy) is 1. The van der Waals surface area contributed by atoms with E-state index in [1.807, 2.05) is 0 Å². The highest BCUT2D eigenvalue weighted by molar-refractivity contribution is 7.89. The van der Waals surface area contributed by atoms with E-state index in [1.54, 1.807) is 12.1 Å². The highest BCUT2D eigenvalue weighted by Gasteiger charge is 2.20. The summed E-state index contributed by atoms with van der Waals surface area (Å²) in [5.41, 5.74) is 0.0296. The minimum Gasteiger partial charge on any atom is -0.467 e. The molecule has 0 radical (unpaired) electrons. The molecule has 1 atom stereocenters. The standard InChI is InChI=1S/C16H18N2O6S/c1-11(15(19)18-10-13-6-4-8-23-13)24-16(20)12-5-3-7-14(9-12)25(21,22)17-2/h3-9,11,17H,10H2,1-2H3,(H,18,19)/t11-/m1/s1. The summed E-state index contributed by atoms with van der Waals surface area (Å²) >= 11 is 0. The Morgan fingerprint density at radius 1 is 1.24 bits per heavy atom. The Hall–Kier alpha value is -2.65. The van der Waals surface area contributed by atoms with Gasteiger partial charge in [-0.1, -0.05) is 6.07 Å². The molecule has 25 heavy (non-hydrogen) atoms. The van der Waals surface area contributed by atoms with Gasteiger partial charge in [0.25, 0.3) is 5.91 Å². The number of hydrogen-bond acceptors (Lipinski definition) is 6. The van der Waals surface area contributed by atoms with Crippen LogP contribution < -0.4 is 10.0 Å². The number of carbonyl (C=O) groups excluding carboxylic acids is 2. The summed E-state index contributed by atoms with van der Waals surface area (Å²) in [5, 5.41) is 2.57. The molecule has 0 aliphatic carbocycles. The molecule has 1 heterocycles. The molecular formula is C16H18N2O6S. The monoisotopic (exact) mass is 366 g/mol. The van der Waals surface area contributed by atoms with Crippen molar-refractivity contribution in [1.82, 2.24) is 10.0 Å². The average Bonchev–Trinajstić information content (AvgIpc) is 3.13. The summed E-state index contributed by atoms with van der Waals surface area (Å²) < 4.78 is 35.9. The van der Waals surface area contributed by atoms with Crippen molar-refractivity contribution in [3.05, 3.63) is 54.0 Å². The zero-order chi connectivity index (χ0) is 18.4. The lowest BCUT2D eigenvalue weighted by Gasteiger charge is -2.13. The van der Waals surface area contributed by atoms with Gasteiger partial charge in [-0.25, -0.2) is 17.9 Å². The van der Waals surface area contributed by atoms with E-state index in [4.69, 9.17) is 9.15 Å². The molecule has 2 rings (SSSR count). The molecule has 0 spiro atoms. The molecule has 1 amide bonds. The number of nitrogens with one attached hydrogen (secondary N) is 2. The number of amides is 1. The Morgan fingerprint density at radius 2 is 2.00 bits per heavy atom. The van der Waals surface area contributed by atoms with E-state index in [9.17, 15) is 18.0 Å². The fraction of sp³-hybridized carbons (Fsp3) is 0.250. The van der Waals surface area contributed by atoms with Crippen molar-refractivity contribution in [2.24, 2.45) is 0 Å². The van der Waals surface area contributed by atoms with E-state index in [0.29, 0.717) is 5.76 Å². The Bertz CT molecular complexity index is 845. The molecule has 1 aromatic heterocycles. The summed E-state index contributed by atoms with van der Waals surface area (Å²) in [7, 11) is -2.41. The maximum absolute atomic E-state index is 12.1. The molecule has 2 N–H and O–H groups in total. The smallest absolute Gasteiger partial charge is 0.338 e. The molecule has 0 aliphatic rings. The van der Waals surface area contributed by atoms with Crippen LogP contribution in [0.25, 0.3) is 0 Å². The molecule has 1 aromatic carbocycles. The summed E-state index contributed by atoms with van der Waals surface area (Å²) in [5.74, 6) is -0.727. The van der Waals surface area contributed by atoms with Gasteiger partial charge in [0.05, 0.1) is 23.3 Å². The molecule has 8 nitrogen and oxygen atoms in total. The van der Waals surface area contributed by atoms with Gasteiger partial charge in [-0.3, -0.25) is 4.79 Å². The number of carbonyl (C=O) groups is 2. The van der Waals surface area contributed by atoms with E-state index >= 15 is 0 Å². The zero-order valence-electron chi connectivity index (χ0n) is 13.7. The van der Waals surface area contributed by atoms with Crippen LogP contribution in [0, 0.1) is 0 Å². The maximum Gasteiger partial charge on any atom is 0.338 e. The fourth-order valence-corrected chi connectivity index (χ4v) is 2.70. The number of hydrogen-bond donors (Lipinski definition) is 2. The number of benzene rings is 1. The number of rotatable bonds is 7. The second kappa shape index (κ2) is 7.95. The third-order valence-corrected chi connectivity index (χ3v) is 4.73. The lowest BCUT2D eigenvalue weighted by atomic mass is 10.2. The van der Waals surface area contributed by atoms with Crippen LogP contribution in [0.3, 0.4) is 0 Å². The fourth-order valence-electron chi connectivity index (χ4n) is 1.92. The lowest BCUT2D eigenvalue weighted by Crippen LogP contribution is -2.35. The molecule has 0 unspecified atom stereocenters. The van der Waals surface area contributed by atoms with Gasteiger partial charge in [0.15, 0.2) is 6.10 Å². The van der Waals surface area contributed by atoms with Crippen molar-refractivity contribution in [2.75, 3.05) is 7.05 Å². The predicted octanol–water partition coefficient (Wildman–Crippen LogP) is 1.05. The number of sulfonamides is 1. The van der Waals surface area contributed by atoms with Gasteiger partial charge in [0.2, 0.25) is 10.0 Å². The Kier molecular flexibility index (Phi) is 5.94. The van der Waals surface area contributed by atoms with Crippen molar-refractivity contribution >= 4 is 21.9 Å². The van der Waals surface area contributed by atoms with Gasteiger partial charge in [-0.2, -0.15) is 0 Å². The van der Waals surface area contributed by atoms with Crippen molar-refractivity contribution in [3.8, 4) is 0 Å². The van der Waals surface area contributed by atoms with E-state index in [1.165, 1.54) is 44.5 Å². The lowest BCUT2D eigenvalue weighted by molar-refractivity contribution is -0.129. The Labute approximate surface area is 145 Å². The van der Waals surface area contributed by atoms with Gasteiger partial charge in [-0.05, 0) is 44.3 Å². The summed E-state index contributed by atoms with van der Waals surface area (Å²) in [6.45, 7) is 1.59. The average molecular weight is 366 g/mol. The number of esters is 1. The van der Waals surface area contributed by atoms with E-state index in [0.717, 1.165) is 0 Å². The van der Waals surface area contributed by atoms with Gasteiger partial charge in [0, 0.05) is 0 Å². The Balaban J connectivity index is 1.99. The molecular weight excluding hydrogens is 348 g/mol. The zero-order valence-corrected chi connectivity index (χ0v) is 14.5. The quantitative estimate of drug-likeness (QED) is 0.708. The topological polar surface area (TPSA) is 115 Å². The maximum atomic E-state index is 12.1. The minimum absolute atomic E-state index is 0.0296. The minimum atomic E-state index is -3.68. The molecule has 0 fully saturated rings. The molecule has 0 aliphatic heterocycles. The second-order valence-corrected chi connectivity index (χ2v) is 6.97. The molecule has 134 valence electrons. The van der Waals surface area contributed by atoms with Crippen LogP contribution in [0.4, 0.5) is 0 Å². The molecule has 9 heteroatoms. The van der Waals surface area contributed by atoms with Crippen LogP contribution in [-0.2, 0) is 26.1 Å². The third-order valence-electron chi connectivity index (χ3n) is 3.32. The van der Waals surface area contributed by atoms with Crippen molar-refractivity contribution in [2.45, 2.75) is 24.5 Å². The predicted molar refractivity (Wildman–Crippen MR) is 88.1 cm³/mol. The van der Waals surface area contributed by atoms with E-state index in [2.05, 4.69) is 10.0 Å². The van der Waals surface area contributed by atoms with Gasteiger partial charge in [-0.15, -0.1) is 0 Å². The SMILES string of the molecule is CNS(=O)(=O)c1cccc(C(=O)O[C@H](C)C(=O)NCc2ccco2)c1. The van der Waals surface area contributed by atoms with Crippen LogP contribution in [0.5, 0.6) is 0 Å². The van der Waals surface area contributed by atoms with Gasteiger partial charge >= 0.3 is 5.97 Å². The van der Waals surface area contributed by atoms with Gasteiger partial charge < -0.3 is 14.5 Å². The summed E-state index contributed by atoms with van der Waals surface area (Å²) in [6, 6.07) is 8.75. The third kappa shape index (κ3) is 4.91. The first-order valence-electron chi connectivity index (χ1n) is 7.38.